The number of aromatic nitrogens is 1. The number of H-pyrrole nitrogens is 1. The van der Waals surface area contributed by atoms with Gasteiger partial charge < -0.3 is 9.88 Å². The number of amides is 1. The average Bonchev–Trinajstić information content (AvgIpc) is 2.84. The van der Waals surface area contributed by atoms with E-state index in [1.165, 1.54) is 10.9 Å². The molecule has 2 aromatic rings. The molecule has 1 amide bonds. The van der Waals surface area contributed by atoms with Gasteiger partial charge in [-0.1, -0.05) is 37.3 Å². The van der Waals surface area contributed by atoms with Crippen LogP contribution in [0.2, 0.25) is 0 Å². The molecule has 0 fully saturated rings. The lowest BCUT2D eigenvalue weighted by Crippen LogP contribution is -2.43. The molecule has 0 spiro atoms. The summed E-state index contributed by atoms with van der Waals surface area (Å²) in [7, 11) is 1.91. The van der Waals surface area contributed by atoms with E-state index in [-0.39, 0.29) is 5.91 Å². The number of nitrogens with one attached hydrogen (secondary N) is 1. The second-order valence-corrected chi connectivity index (χ2v) is 5.83. The van der Waals surface area contributed by atoms with Gasteiger partial charge in [0.1, 0.15) is 5.41 Å². The van der Waals surface area contributed by atoms with Crippen molar-refractivity contribution >= 4 is 16.8 Å². The first-order valence-electron chi connectivity index (χ1n) is 7.63. The van der Waals surface area contributed by atoms with Crippen molar-refractivity contribution in [2.75, 3.05) is 13.6 Å². The summed E-state index contributed by atoms with van der Waals surface area (Å²) in [5, 5.41) is 1.25. The fourth-order valence-electron chi connectivity index (χ4n) is 3.55. The minimum absolute atomic E-state index is 0.188. The summed E-state index contributed by atoms with van der Waals surface area (Å²) < 4.78 is 0. The highest BCUT2D eigenvalue weighted by Gasteiger charge is 2.43. The van der Waals surface area contributed by atoms with Crippen molar-refractivity contribution in [1.82, 2.24) is 9.88 Å². The van der Waals surface area contributed by atoms with E-state index in [1.807, 2.05) is 31.0 Å². The highest BCUT2D eigenvalue weighted by molar-refractivity contribution is 5.95. The molecule has 0 aliphatic carbocycles. The van der Waals surface area contributed by atoms with Crippen LogP contribution in [0.5, 0.6) is 0 Å². The van der Waals surface area contributed by atoms with Crippen LogP contribution >= 0.6 is 0 Å². The van der Waals surface area contributed by atoms with Gasteiger partial charge in [-0.25, -0.2) is 0 Å². The van der Waals surface area contributed by atoms with Crippen molar-refractivity contribution in [3.8, 4) is 0 Å². The molecule has 3 nitrogen and oxygen atoms in total. The minimum Gasteiger partial charge on any atom is -0.357 e. The van der Waals surface area contributed by atoms with Crippen LogP contribution in [0.1, 0.15) is 31.5 Å². The maximum atomic E-state index is 13.0. The van der Waals surface area contributed by atoms with Crippen molar-refractivity contribution in [3.05, 3.63) is 47.7 Å². The Morgan fingerprint density at radius 1 is 1.38 bits per heavy atom. The van der Waals surface area contributed by atoms with Gasteiger partial charge in [0.25, 0.3) is 0 Å². The second kappa shape index (κ2) is 5.06. The summed E-state index contributed by atoms with van der Waals surface area (Å²) in [6.45, 7) is 4.84. The van der Waals surface area contributed by atoms with E-state index in [0.29, 0.717) is 0 Å². The highest BCUT2D eigenvalue weighted by atomic mass is 16.2. The van der Waals surface area contributed by atoms with E-state index < -0.39 is 5.41 Å². The van der Waals surface area contributed by atoms with Crippen LogP contribution < -0.4 is 0 Å². The number of para-hydroxylation sites is 1. The number of fused-ring (bicyclic) bond motifs is 3. The predicted molar refractivity (Wildman–Crippen MR) is 86.4 cm³/mol. The van der Waals surface area contributed by atoms with Crippen LogP contribution in [0.25, 0.3) is 10.9 Å². The van der Waals surface area contributed by atoms with Gasteiger partial charge in [-0.15, -0.1) is 0 Å². The summed E-state index contributed by atoms with van der Waals surface area (Å²) >= 11 is 0. The van der Waals surface area contributed by atoms with Crippen molar-refractivity contribution in [2.45, 2.75) is 32.1 Å². The van der Waals surface area contributed by atoms with Crippen molar-refractivity contribution in [1.29, 1.82) is 0 Å². The van der Waals surface area contributed by atoms with Crippen LogP contribution in [-0.4, -0.2) is 29.4 Å². The SMILES string of the molecule is C/C=C/C1(CC)C(=O)N(C)CCc2c1[nH]c1ccccc21. The number of hydrogen-bond acceptors (Lipinski definition) is 1. The summed E-state index contributed by atoms with van der Waals surface area (Å²) in [5.41, 5.74) is 2.94. The predicted octanol–water partition coefficient (Wildman–Crippen LogP) is 3.41. The Balaban J connectivity index is 2.34. The molecule has 0 saturated carbocycles. The Morgan fingerprint density at radius 2 is 2.14 bits per heavy atom. The number of benzene rings is 1. The molecule has 3 rings (SSSR count). The molecule has 21 heavy (non-hydrogen) atoms. The van der Waals surface area contributed by atoms with Gasteiger partial charge in [0.2, 0.25) is 5.91 Å². The maximum Gasteiger partial charge on any atom is 0.238 e. The zero-order valence-corrected chi connectivity index (χ0v) is 12.9. The normalized spacial score (nSPS) is 22.8. The van der Waals surface area contributed by atoms with Crippen LogP contribution in [0, 0.1) is 0 Å². The zero-order chi connectivity index (χ0) is 15.0. The number of aromatic amines is 1. The molecular weight excluding hydrogens is 260 g/mol. The van der Waals surface area contributed by atoms with E-state index in [2.05, 4.69) is 36.2 Å². The molecule has 1 aliphatic rings. The molecular formula is C18H22N2O. The van der Waals surface area contributed by atoms with Crippen LogP contribution in [0.3, 0.4) is 0 Å². The smallest absolute Gasteiger partial charge is 0.238 e. The molecule has 3 heteroatoms. The summed E-state index contributed by atoms with van der Waals surface area (Å²) in [5.74, 6) is 0.188. The summed E-state index contributed by atoms with van der Waals surface area (Å²) in [4.78, 5) is 18.4. The summed E-state index contributed by atoms with van der Waals surface area (Å²) in [6, 6.07) is 8.34. The lowest BCUT2D eigenvalue weighted by atomic mass is 9.78. The standard InChI is InChI=1S/C18H22N2O/c1-4-11-18(5-2)16-14(10-12-20(3)17(18)21)13-8-6-7-9-15(13)19-16/h4,6-9,11,19H,5,10,12H2,1-3H3/b11-4+. The Morgan fingerprint density at radius 3 is 2.86 bits per heavy atom. The van der Waals surface area contributed by atoms with Gasteiger partial charge >= 0.3 is 0 Å². The first-order chi connectivity index (χ1) is 10.1. The van der Waals surface area contributed by atoms with E-state index in [9.17, 15) is 4.79 Å². The Kier molecular flexibility index (Phi) is 3.36. The fourth-order valence-corrected chi connectivity index (χ4v) is 3.55. The molecule has 0 bridgehead atoms. The number of likely N-dealkylation sites (N-methyl/N-ethyl adjacent to an activating group) is 1. The maximum absolute atomic E-state index is 13.0. The first-order valence-corrected chi connectivity index (χ1v) is 7.63. The molecule has 1 atom stereocenters. The lowest BCUT2D eigenvalue weighted by molar-refractivity contribution is -0.134. The third-order valence-corrected chi connectivity index (χ3v) is 4.69. The molecule has 1 unspecified atom stereocenters. The van der Waals surface area contributed by atoms with Gasteiger partial charge in [-0.05, 0) is 31.4 Å². The minimum atomic E-state index is -0.561. The number of rotatable bonds is 2. The molecule has 110 valence electrons. The fraction of sp³-hybridized carbons (Fsp3) is 0.389. The second-order valence-electron chi connectivity index (χ2n) is 5.83. The molecule has 1 aliphatic heterocycles. The van der Waals surface area contributed by atoms with Crippen molar-refractivity contribution in [2.24, 2.45) is 0 Å². The van der Waals surface area contributed by atoms with Gasteiger partial charge in [-0.2, -0.15) is 0 Å². The Bertz CT molecular complexity index is 713. The number of carbonyl (C=O) groups is 1. The number of nitrogens with zero attached hydrogens (tertiary/aromatic N) is 1. The van der Waals surface area contributed by atoms with E-state index in [0.717, 1.165) is 30.6 Å². The van der Waals surface area contributed by atoms with E-state index in [4.69, 9.17) is 0 Å². The molecule has 1 N–H and O–H groups in total. The van der Waals surface area contributed by atoms with Crippen molar-refractivity contribution in [3.63, 3.8) is 0 Å². The Hall–Kier alpha value is -2.03. The van der Waals surface area contributed by atoms with E-state index >= 15 is 0 Å². The highest BCUT2D eigenvalue weighted by Crippen LogP contribution is 2.39. The van der Waals surface area contributed by atoms with Gasteiger partial charge in [0.15, 0.2) is 0 Å². The topological polar surface area (TPSA) is 36.1 Å². The molecule has 1 aromatic heterocycles. The van der Waals surface area contributed by atoms with Crippen LogP contribution in [0.15, 0.2) is 36.4 Å². The third-order valence-electron chi connectivity index (χ3n) is 4.69. The van der Waals surface area contributed by atoms with Gasteiger partial charge in [-0.3, -0.25) is 4.79 Å². The average molecular weight is 282 g/mol. The van der Waals surface area contributed by atoms with Crippen LogP contribution in [0.4, 0.5) is 0 Å². The quantitative estimate of drug-likeness (QED) is 0.842. The molecule has 0 radical (unpaired) electrons. The molecule has 0 saturated heterocycles. The number of allylic oxidation sites excluding steroid dienone is 1. The van der Waals surface area contributed by atoms with Gasteiger partial charge in [0.05, 0.1) is 0 Å². The lowest BCUT2D eigenvalue weighted by Gasteiger charge is -2.30. The Labute approximate surface area is 125 Å². The first kappa shape index (κ1) is 13.9. The number of hydrogen-bond donors (Lipinski definition) is 1. The summed E-state index contributed by atoms with van der Waals surface area (Å²) in [6.07, 6.45) is 5.72. The van der Waals surface area contributed by atoms with Crippen LogP contribution in [-0.2, 0) is 16.6 Å². The number of carbonyl (C=O) groups excluding carboxylic acids is 1. The third kappa shape index (κ3) is 1.91. The van der Waals surface area contributed by atoms with E-state index in [1.54, 1.807) is 0 Å². The van der Waals surface area contributed by atoms with Crippen molar-refractivity contribution < 1.29 is 4.79 Å². The monoisotopic (exact) mass is 282 g/mol. The molecule has 2 heterocycles. The zero-order valence-electron chi connectivity index (χ0n) is 12.9. The largest absolute Gasteiger partial charge is 0.357 e. The molecule has 1 aromatic carbocycles. The van der Waals surface area contributed by atoms with Gasteiger partial charge in [0, 0.05) is 30.2 Å².